The van der Waals surface area contributed by atoms with Gasteiger partial charge in [-0.1, -0.05) is 56.3 Å². The van der Waals surface area contributed by atoms with Crippen molar-refractivity contribution < 1.29 is 9.53 Å². The van der Waals surface area contributed by atoms with Gasteiger partial charge in [0.2, 0.25) is 5.91 Å². The predicted molar refractivity (Wildman–Crippen MR) is 111 cm³/mol. The second kappa shape index (κ2) is 11.4. The van der Waals surface area contributed by atoms with E-state index in [1.807, 2.05) is 37.3 Å². The SMILES string of the molecule is CCOc1ccc(CC(=O)NCC(Cc2ccccc2)N(CC)CC)cc1. The third-order valence-electron chi connectivity index (χ3n) is 4.78. The molecule has 1 amide bonds. The van der Waals surface area contributed by atoms with Crippen molar-refractivity contribution in [1.29, 1.82) is 0 Å². The molecule has 4 nitrogen and oxygen atoms in total. The van der Waals surface area contributed by atoms with E-state index in [9.17, 15) is 4.79 Å². The molecule has 2 aromatic carbocycles. The fourth-order valence-electron chi connectivity index (χ4n) is 3.31. The molecule has 146 valence electrons. The highest BCUT2D eigenvalue weighted by Crippen LogP contribution is 2.13. The zero-order chi connectivity index (χ0) is 19.5. The molecule has 0 saturated heterocycles. The number of benzene rings is 2. The number of nitrogens with zero attached hydrogens (tertiary/aromatic N) is 1. The molecular formula is C23H32N2O2. The van der Waals surface area contributed by atoms with Gasteiger partial charge in [0.05, 0.1) is 13.0 Å². The fraction of sp³-hybridized carbons (Fsp3) is 0.435. The normalized spacial score (nSPS) is 12.0. The highest BCUT2D eigenvalue weighted by Gasteiger charge is 2.17. The average molecular weight is 369 g/mol. The van der Waals surface area contributed by atoms with Gasteiger partial charge in [0.1, 0.15) is 5.75 Å². The van der Waals surface area contributed by atoms with Crippen LogP contribution in [0.1, 0.15) is 31.9 Å². The molecule has 0 bridgehead atoms. The minimum absolute atomic E-state index is 0.0596. The number of amides is 1. The summed E-state index contributed by atoms with van der Waals surface area (Å²) < 4.78 is 5.45. The molecule has 0 fully saturated rings. The van der Waals surface area contributed by atoms with E-state index in [-0.39, 0.29) is 5.91 Å². The Kier molecular flexibility index (Phi) is 8.85. The van der Waals surface area contributed by atoms with E-state index < -0.39 is 0 Å². The Hall–Kier alpha value is -2.33. The zero-order valence-corrected chi connectivity index (χ0v) is 16.8. The van der Waals surface area contributed by atoms with Crippen LogP contribution in [0.15, 0.2) is 54.6 Å². The number of rotatable bonds is 11. The summed E-state index contributed by atoms with van der Waals surface area (Å²) >= 11 is 0. The first-order valence-corrected chi connectivity index (χ1v) is 9.92. The van der Waals surface area contributed by atoms with Gasteiger partial charge in [0.25, 0.3) is 0 Å². The van der Waals surface area contributed by atoms with E-state index in [1.165, 1.54) is 5.56 Å². The second-order valence-corrected chi connectivity index (χ2v) is 6.62. The van der Waals surface area contributed by atoms with Crippen LogP contribution in [0.3, 0.4) is 0 Å². The Morgan fingerprint density at radius 2 is 1.63 bits per heavy atom. The Balaban J connectivity index is 1.91. The standard InChI is InChI=1S/C23H32N2O2/c1-4-25(5-2)21(16-19-10-8-7-9-11-19)18-24-23(26)17-20-12-14-22(15-13-20)27-6-3/h7-15,21H,4-6,16-18H2,1-3H3,(H,24,26). The van der Waals surface area contributed by atoms with Gasteiger partial charge < -0.3 is 10.1 Å². The lowest BCUT2D eigenvalue weighted by Crippen LogP contribution is -2.45. The molecule has 0 spiro atoms. The monoisotopic (exact) mass is 368 g/mol. The summed E-state index contributed by atoms with van der Waals surface area (Å²) in [6.07, 6.45) is 1.33. The van der Waals surface area contributed by atoms with E-state index in [4.69, 9.17) is 4.74 Å². The van der Waals surface area contributed by atoms with Crippen LogP contribution in [0.4, 0.5) is 0 Å². The van der Waals surface area contributed by atoms with E-state index in [0.29, 0.717) is 25.6 Å². The second-order valence-electron chi connectivity index (χ2n) is 6.62. The minimum atomic E-state index is 0.0596. The average Bonchev–Trinajstić information content (AvgIpc) is 2.69. The summed E-state index contributed by atoms with van der Waals surface area (Å²) in [5, 5.41) is 3.13. The van der Waals surface area contributed by atoms with Crippen molar-refractivity contribution in [1.82, 2.24) is 10.2 Å². The largest absolute Gasteiger partial charge is 0.494 e. The smallest absolute Gasteiger partial charge is 0.224 e. The lowest BCUT2D eigenvalue weighted by atomic mass is 10.0. The Morgan fingerprint density at radius 1 is 0.963 bits per heavy atom. The predicted octanol–water partition coefficient (Wildman–Crippen LogP) is 3.70. The number of nitrogens with one attached hydrogen (secondary N) is 1. The first-order valence-electron chi connectivity index (χ1n) is 9.92. The van der Waals surface area contributed by atoms with Crippen LogP contribution >= 0.6 is 0 Å². The first kappa shape index (κ1) is 21.0. The molecule has 0 heterocycles. The Morgan fingerprint density at radius 3 is 2.22 bits per heavy atom. The van der Waals surface area contributed by atoms with Gasteiger partial charge in [-0.15, -0.1) is 0 Å². The van der Waals surface area contributed by atoms with Gasteiger partial charge in [-0.05, 0) is 49.7 Å². The van der Waals surface area contributed by atoms with Crippen molar-refractivity contribution in [2.45, 2.75) is 39.7 Å². The van der Waals surface area contributed by atoms with E-state index >= 15 is 0 Å². The van der Waals surface area contributed by atoms with E-state index in [2.05, 4.69) is 48.3 Å². The Labute approximate surface area is 163 Å². The van der Waals surface area contributed by atoms with Gasteiger partial charge in [-0.2, -0.15) is 0 Å². The molecule has 27 heavy (non-hydrogen) atoms. The van der Waals surface area contributed by atoms with Gasteiger partial charge >= 0.3 is 0 Å². The summed E-state index contributed by atoms with van der Waals surface area (Å²) in [6, 6.07) is 18.5. The van der Waals surface area contributed by atoms with Crippen LogP contribution in [0.25, 0.3) is 0 Å². The summed E-state index contributed by atoms with van der Waals surface area (Å²) in [7, 11) is 0. The molecule has 0 aliphatic heterocycles. The van der Waals surface area contributed by atoms with Crippen molar-refractivity contribution >= 4 is 5.91 Å². The summed E-state index contributed by atoms with van der Waals surface area (Å²) in [4.78, 5) is 14.8. The van der Waals surface area contributed by atoms with Crippen molar-refractivity contribution in [3.63, 3.8) is 0 Å². The zero-order valence-electron chi connectivity index (χ0n) is 16.8. The highest BCUT2D eigenvalue weighted by molar-refractivity contribution is 5.78. The summed E-state index contributed by atoms with van der Waals surface area (Å²) in [5.41, 5.74) is 2.30. The van der Waals surface area contributed by atoms with Crippen molar-refractivity contribution in [2.24, 2.45) is 0 Å². The van der Waals surface area contributed by atoms with Crippen molar-refractivity contribution in [2.75, 3.05) is 26.2 Å². The van der Waals surface area contributed by atoms with Gasteiger partial charge in [0.15, 0.2) is 0 Å². The number of carbonyl (C=O) groups is 1. The van der Waals surface area contributed by atoms with Crippen LogP contribution in [-0.4, -0.2) is 43.1 Å². The topological polar surface area (TPSA) is 41.6 Å². The molecule has 0 radical (unpaired) electrons. The van der Waals surface area contributed by atoms with Crippen LogP contribution < -0.4 is 10.1 Å². The molecule has 2 rings (SSSR count). The van der Waals surface area contributed by atoms with Crippen LogP contribution in [0.2, 0.25) is 0 Å². The van der Waals surface area contributed by atoms with Crippen molar-refractivity contribution in [3.8, 4) is 5.75 Å². The highest BCUT2D eigenvalue weighted by atomic mass is 16.5. The maximum absolute atomic E-state index is 12.4. The minimum Gasteiger partial charge on any atom is -0.494 e. The van der Waals surface area contributed by atoms with Gasteiger partial charge in [0, 0.05) is 12.6 Å². The van der Waals surface area contributed by atoms with Crippen LogP contribution in [0.5, 0.6) is 5.75 Å². The molecule has 0 saturated carbocycles. The molecule has 0 aromatic heterocycles. The van der Waals surface area contributed by atoms with Crippen molar-refractivity contribution in [3.05, 3.63) is 65.7 Å². The van der Waals surface area contributed by atoms with E-state index in [0.717, 1.165) is 30.8 Å². The summed E-state index contributed by atoms with van der Waals surface area (Å²) in [6.45, 7) is 9.56. The molecule has 1 atom stereocenters. The number of carbonyl (C=O) groups excluding carboxylic acids is 1. The third kappa shape index (κ3) is 7.06. The van der Waals surface area contributed by atoms with Gasteiger partial charge in [-0.25, -0.2) is 0 Å². The summed E-state index contributed by atoms with van der Waals surface area (Å²) in [5.74, 6) is 0.899. The fourth-order valence-corrected chi connectivity index (χ4v) is 3.31. The molecule has 1 N–H and O–H groups in total. The molecule has 0 aliphatic rings. The number of hydrogen-bond acceptors (Lipinski definition) is 3. The third-order valence-corrected chi connectivity index (χ3v) is 4.78. The molecular weight excluding hydrogens is 336 g/mol. The number of hydrogen-bond donors (Lipinski definition) is 1. The molecule has 0 aliphatic carbocycles. The Bertz CT molecular complexity index is 667. The van der Waals surface area contributed by atoms with Gasteiger partial charge in [-0.3, -0.25) is 9.69 Å². The van der Waals surface area contributed by atoms with Crippen LogP contribution in [-0.2, 0) is 17.6 Å². The molecule has 4 heteroatoms. The lowest BCUT2D eigenvalue weighted by molar-refractivity contribution is -0.120. The molecule has 2 aromatic rings. The number of likely N-dealkylation sites (N-methyl/N-ethyl adjacent to an activating group) is 1. The maximum atomic E-state index is 12.4. The molecule has 1 unspecified atom stereocenters. The number of ether oxygens (including phenoxy) is 1. The lowest BCUT2D eigenvalue weighted by Gasteiger charge is -2.30. The first-order chi connectivity index (χ1) is 13.2. The maximum Gasteiger partial charge on any atom is 0.224 e. The van der Waals surface area contributed by atoms with Crippen LogP contribution in [0, 0.1) is 0 Å². The quantitative estimate of drug-likeness (QED) is 0.658. The van der Waals surface area contributed by atoms with E-state index in [1.54, 1.807) is 0 Å².